The van der Waals surface area contributed by atoms with E-state index >= 15 is 0 Å². The van der Waals surface area contributed by atoms with Crippen LogP contribution in [0.15, 0.2) is 21.6 Å². The predicted octanol–water partition coefficient (Wildman–Crippen LogP) is -0.297. The minimum absolute atomic E-state index is 0.142. The first-order chi connectivity index (χ1) is 12.6. The number of aryl methyl sites for hydroxylation is 1. The molecule has 0 atom stereocenters. The Morgan fingerprint density at radius 3 is 2.88 bits per heavy atom. The number of nitrogens with zero attached hydrogens (tertiary/aromatic N) is 5. The van der Waals surface area contributed by atoms with Crippen LogP contribution in [0.5, 0.6) is 0 Å². The first kappa shape index (κ1) is 16.3. The summed E-state index contributed by atoms with van der Waals surface area (Å²) in [6, 6.07) is 1.67. The summed E-state index contributed by atoms with van der Waals surface area (Å²) in [5, 5.41) is 13.4. The fourth-order valence-corrected chi connectivity index (χ4v) is 2.91. The number of piperazine rings is 1. The standard InChI is InChI=1S/C15H18N8O3/c1-9-6-11(21-26-9)17-12(24)8-22-2-4-23(5-3-22)15-18-13-10(7-16-20-13)14(25)19-15/h6-7H,2-5,8H2,1H3,(H,17,21,24)(H2,16,18,19,20,25). The second kappa shape index (κ2) is 6.59. The predicted molar refractivity (Wildman–Crippen MR) is 93.0 cm³/mol. The largest absolute Gasteiger partial charge is 0.360 e. The number of hydrogen-bond acceptors (Lipinski definition) is 8. The Balaban J connectivity index is 1.34. The lowest BCUT2D eigenvalue weighted by Gasteiger charge is -2.34. The molecule has 11 heteroatoms. The van der Waals surface area contributed by atoms with Crippen molar-refractivity contribution in [2.45, 2.75) is 6.92 Å². The smallest absolute Gasteiger partial charge is 0.263 e. The maximum atomic E-state index is 12.1. The van der Waals surface area contributed by atoms with Gasteiger partial charge in [-0.25, -0.2) is 0 Å². The highest BCUT2D eigenvalue weighted by Crippen LogP contribution is 2.12. The number of H-pyrrole nitrogens is 2. The molecule has 26 heavy (non-hydrogen) atoms. The van der Waals surface area contributed by atoms with Crippen molar-refractivity contribution in [1.29, 1.82) is 0 Å². The minimum Gasteiger partial charge on any atom is -0.360 e. The molecule has 3 aromatic heterocycles. The van der Waals surface area contributed by atoms with Gasteiger partial charge in [-0.15, -0.1) is 0 Å². The third kappa shape index (κ3) is 3.28. The topological polar surface area (TPSA) is 136 Å². The molecule has 1 aliphatic rings. The number of amides is 1. The summed E-state index contributed by atoms with van der Waals surface area (Å²) in [6.07, 6.45) is 1.46. The molecule has 0 spiro atoms. The zero-order valence-electron chi connectivity index (χ0n) is 14.2. The zero-order chi connectivity index (χ0) is 18.1. The second-order valence-corrected chi connectivity index (χ2v) is 6.16. The van der Waals surface area contributed by atoms with Crippen LogP contribution in [0.25, 0.3) is 11.0 Å². The van der Waals surface area contributed by atoms with Crippen LogP contribution in [-0.4, -0.2) is 68.9 Å². The normalized spacial score (nSPS) is 15.5. The number of aromatic amines is 2. The summed E-state index contributed by atoms with van der Waals surface area (Å²) in [5.74, 6) is 1.43. The van der Waals surface area contributed by atoms with Crippen LogP contribution in [0.1, 0.15) is 5.76 Å². The fraction of sp³-hybridized carbons (Fsp3) is 0.400. The first-order valence-electron chi connectivity index (χ1n) is 8.22. The van der Waals surface area contributed by atoms with E-state index < -0.39 is 0 Å². The van der Waals surface area contributed by atoms with Crippen molar-refractivity contribution >= 4 is 28.7 Å². The van der Waals surface area contributed by atoms with E-state index in [0.717, 1.165) is 0 Å². The molecule has 3 N–H and O–H groups in total. The van der Waals surface area contributed by atoms with Crippen LogP contribution in [0.4, 0.5) is 11.8 Å². The van der Waals surface area contributed by atoms with E-state index in [1.54, 1.807) is 13.0 Å². The number of hydrogen-bond donors (Lipinski definition) is 3. The molecule has 4 rings (SSSR count). The lowest BCUT2D eigenvalue weighted by molar-refractivity contribution is -0.117. The Kier molecular flexibility index (Phi) is 4.13. The van der Waals surface area contributed by atoms with Crippen molar-refractivity contribution in [2.24, 2.45) is 0 Å². The highest BCUT2D eigenvalue weighted by molar-refractivity contribution is 5.91. The maximum Gasteiger partial charge on any atom is 0.263 e. The average molecular weight is 358 g/mol. The Morgan fingerprint density at radius 1 is 1.35 bits per heavy atom. The molecule has 1 fully saturated rings. The highest BCUT2D eigenvalue weighted by atomic mass is 16.5. The van der Waals surface area contributed by atoms with E-state index in [4.69, 9.17) is 4.52 Å². The van der Waals surface area contributed by atoms with Crippen LogP contribution in [0, 0.1) is 6.92 Å². The molecular weight excluding hydrogens is 340 g/mol. The molecule has 1 aliphatic heterocycles. The number of nitrogens with one attached hydrogen (secondary N) is 3. The number of carbonyl (C=O) groups excluding carboxylic acids is 1. The van der Waals surface area contributed by atoms with Gasteiger partial charge in [0, 0.05) is 32.2 Å². The molecule has 3 aromatic rings. The molecule has 11 nitrogen and oxygen atoms in total. The van der Waals surface area contributed by atoms with Gasteiger partial charge in [-0.2, -0.15) is 10.1 Å². The van der Waals surface area contributed by atoms with Crippen LogP contribution < -0.4 is 15.8 Å². The lowest BCUT2D eigenvalue weighted by atomic mass is 10.3. The van der Waals surface area contributed by atoms with Gasteiger partial charge in [0.2, 0.25) is 11.9 Å². The molecule has 1 saturated heterocycles. The Bertz CT molecular complexity index is 982. The quantitative estimate of drug-likeness (QED) is 0.578. The van der Waals surface area contributed by atoms with Crippen LogP contribution >= 0.6 is 0 Å². The van der Waals surface area contributed by atoms with Gasteiger partial charge in [0.25, 0.3) is 5.56 Å². The van der Waals surface area contributed by atoms with Crippen molar-refractivity contribution in [3.63, 3.8) is 0 Å². The van der Waals surface area contributed by atoms with E-state index in [9.17, 15) is 9.59 Å². The van der Waals surface area contributed by atoms with Gasteiger partial charge in [0.05, 0.1) is 12.7 Å². The zero-order valence-corrected chi connectivity index (χ0v) is 14.2. The van der Waals surface area contributed by atoms with Crippen molar-refractivity contribution in [2.75, 3.05) is 42.9 Å². The van der Waals surface area contributed by atoms with Crippen molar-refractivity contribution < 1.29 is 9.32 Å². The molecular formula is C15H18N8O3. The van der Waals surface area contributed by atoms with Gasteiger partial charge in [0.15, 0.2) is 11.5 Å². The van der Waals surface area contributed by atoms with Crippen LogP contribution in [-0.2, 0) is 4.79 Å². The van der Waals surface area contributed by atoms with E-state index in [0.29, 0.717) is 54.7 Å². The minimum atomic E-state index is -0.219. The lowest BCUT2D eigenvalue weighted by Crippen LogP contribution is -2.49. The number of aromatic nitrogens is 5. The van der Waals surface area contributed by atoms with Crippen molar-refractivity contribution in [1.82, 2.24) is 30.2 Å². The maximum absolute atomic E-state index is 12.1. The fourth-order valence-electron chi connectivity index (χ4n) is 2.91. The number of fused-ring (bicyclic) bond motifs is 1. The Morgan fingerprint density at radius 2 is 2.15 bits per heavy atom. The second-order valence-electron chi connectivity index (χ2n) is 6.16. The molecule has 136 valence electrons. The van der Waals surface area contributed by atoms with Gasteiger partial charge in [-0.3, -0.25) is 24.6 Å². The molecule has 4 heterocycles. The third-order valence-electron chi connectivity index (χ3n) is 4.24. The van der Waals surface area contributed by atoms with E-state index in [-0.39, 0.29) is 18.0 Å². The summed E-state index contributed by atoms with van der Waals surface area (Å²) >= 11 is 0. The number of rotatable bonds is 4. The van der Waals surface area contributed by atoms with Crippen molar-refractivity contribution in [3.8, 4) is 0 Å². The highest BCUT2D eigenvalue weighted by Gasteiger charge is 2.21. The summed E-state index contributed by atoms with van der Waals surface area (Å²) < 4.78 is 4.92. The SMILES string of the molecule is Cc1cc(NC(=O)CN2CCN(c3nc4[nH]ncc4c(=O)[nH]3)CC2)no1. The van der Waals surface area contributed by atoms with E-state index in [1.807, 2.05) is 9.80 Å². The van der Waals surface area contributed by atoms with Gasteiger partial charge >= 0.3 is 0 Å². The molecule has 0 saturated carbocycles. The molecule has 0 bridgehead atoms. The molecule has 1 amide bonds. The third-order valence-corrected chi connectivity index (χ3v) is 4.24. The summed E-state index contributed by atoms with van der Waals surface area (Å²) in [6.45, 7) is 4.69. The van der Waals surface area contributed by atoms with Gasteiger partial charge in [-0.1, -0.05) is 5.16 Å². The molecule has 0 aromatic carbocycles. The van der Waals surface area contributed by atoms with Gasteiger partial charge in [0.1, 0.15) is 11.1 Å². The Hall–Kier alpha value is -3.21. The van der Waals surface area contributed by atoms with Gasteiger partial charge < -0.3 is 14.7 Å². The average Bonchev–Trinajstić information content (AvgIpc) is 3.24. The van der Waals surface area contributed by atoms with Crippen LogP contribution in [0.3, 0.4) is 0 Å². The summed E-state index contributed by atoms with van der Waals surface area (Å²) in [4.78, 5) is 35.3. The summed E-state index contributed by atoms with van der Waals surface area (Å²) in [5.41, 5.74) is 0.247. The van der Waals surface area contributed by atoms with E-state index in [2.05, 4.69) is 30.6 Å². The molecule has 0 aliphatic carbocycles. The molecule has 0 radical (unpaired) electrons. The van der Waals surface area contributed by atoms with Crippen LogP contribution in [0.2, 0.25) is 0 Å². The monoisotopic (exact) mass is 358 g/mol. The molecule has 0 unspecified atom stereocenters. The number of carbonyl (C=O) groups is 1. The Labute approximate surface area is 147 Å². The van der Waals surface area contributed by atoms with Crippen molar-refractivity contribution in [3.05, 3.63) is 28.4 Å². The summed E-state index contributed by atoms with van der Waals surface area (Å²) in [7, 11) is 0. The van der Waals surface area contributed by atoms with E-state index in [1.165, 1.54) is 6.20 Å². The number of anilines is 2. The first-order valence-corrected chi connectivity index (χ1v) is 8.22. The van der Waals surface area contributed by atoms with Gasteiger partial charge in [-0.05, 0) is 6.92 Å².